The summed E-state index contributed by atoms with van der Waals surface area (Å²) in [5.74, 6) is 0. The minimum absolute atomic E-state index is 0.512. The van der Waals surface area contributed by atoms with Crippen molar-refractivity contribution in [3.8, 4) is 6.19 Å². The number of benzene rings is 1. The lowest BCUT2D eigenvalue weighted by atomic mass is 10.3. The second-order valence-electron chi connectivity index (χ2n) is 2.48. The molecule has 0 saturated heterocycles. The Bertz CT molecular complexity index is 324. The molecule has 1 rings (SSSR count). The van der Waals surface area contributed by atoms with E-state index in [1.807, 2.05) is 0 Å². The van der Waals surface area contributed by atoms with Crippen molar-refractivity contribution in [2.75, 3.05) is 11.4 Å². The molecule has 0 N–H and O–H groups in total. The van der Waals surface area contributed by atoms with Gasteiger partial charge in [0.15, 0.2) is 6.19 Å². The molecule has 0 fully saturated rings. The summed E-state index contributed by atoms with van der Waals surface area (Å²) in [5.41, 5.74) is 0.826. The van der Waals surface area contributed by atoms with Crippen molar-refractivity contribution in [2.24, 2.45) is 0 Å². The Morgan fingerprint density at radius 3 is 2.54 bits per heavy atom. The lowest BCUT2D eigenvalue weighted by Gasteiger charge is -2.12. The summed E-state index contributed by atoms with van der Waals surface area (Å²) >= 11 is 5.72. The fourth-order valence-corrected chi connectivity index (χ4v) is 1.08. The summed E-state index contributed by atoms with van der Waals surface area (Å²) in [6.07, 6.45) is 3.74. The molecule has 0 atom stereocenters. The van der Waals surface area contributed by atoms with E-state index in [9.17, 15) is 0 Å². The predicted octanol–water partition coefficient (Wildman–Crippen LogP) is 2.81. The van der Waals surface area contributed by atoms with Gasteiger partial charge in [-0.15, -0.1) is 6.58 Å². The van der Waals surface area contributed by atoms with Crippen molar-refractivity contribution in [1.82, 2.24) is 0 Å². The van der Waals surface area contributed by atoms with Gasteiger partial charge < -0.3 is 0 Å². The molecule has 1 aromatic rings. The van der Waals surface area contributed by atoms with Gasteiger partial charge in [0, 0.05) is 5.02 Å². The van der Waals surface area contributed by atoms with Crippen LogP contribution < -0.4 is 4.90 Å². The van der Waals surface area contributed by atoms with E-state index < -0.39 is 0 Å². The minimum atomic E-state index is 0.512. The Hall–Kier alpha value is -1.46. The van der Waals surface area contributed by atoms with E-state index >= 15 is 0 Å². The summed E-state index contributed by atoms with van der Waals surface area (Å²) in [4.78, 5) is 1.53. The maximum Gasteiger partial charge on any atom is 0.184 e. The number of nitrogens with zero attached hydrogens (tertiary/aromatic N) is 2. The van der Waals surface area contributed by atoms with Crippen LogP contribution in [0.2, 0.25) is 5.02 Å². The number of nitriles is 1. The number of halogens is 1. The molecule has 0 unspecified atom stereocenters. The summed E-state index contributed by atoms with van der Waals surface area (Å²) in [5, 5.41) is 9.44. The topological polar surface area (TPSA) is 27.0 Å². The number of hydrogen-bond donors (Lipinski definition) is 0. The van der Waals surface area contributed by atoms with Gasteiger partial charge in [0.25, 0.3) is 0 Å². The van der Waals surface area contributed by atoms with Crippen molar-refractivity contribution >= 4 is 17.3 Å². The Morgan fingerprint density at radius 2 is 2.08 bits per heavy atom. The first-order valence-corrected chi connectivity index (χ1v) is 4.19. The molecule has 3 heteroatoms. The zero-order chi connectivity index (χ0) is 9.68. The zero-order valence-corrected chi connectivity index (χ0v) is 7.83. The van der Waals surface area contributed by atoms with Crippen LogP contribution in [0.15, 0.2) is 36.9 Å². The molecule has 2 nitrogen and oxygen atoms in total. The summed E-state index contributed by atoms with van der Waals surface area (Å²) in [6, 6.07) is 7.11. The smallest absolute Gasteiger partial charge is 0.184 e. The molecule has 0 bridgehead atoms. The van der Waals surface area contributed by atoms with Crippen LogP contribution in [0.3, 0.4) is 0 Å². The molecule has 0 aliphatic heterocycles. The molecule has 0 saturated carbocycles. The fourth-order valence-electron chi connectivity index (χ4n) is 0.954. The third kappa shape index (κ3) is 2.50. The minimum Gasteiger partial charge on any atom is -0.276 e. The monoisotopic (exact) mass is 192 g/mol. The first-order valence-electron chi connectivity index (χ1n) is 3.81. The van der Waals surface area contributed by atoms with Gasteiger partial charge in [-0.3, -0.25) is 4.90 Å². The van der Waals surface area contributed by atoms with Crippen LogP contribution >= 0.6 is 11.6 Å². The molecule has 13 heavy (non-hydrogen) atoms. The molecule has 0 heterocycles. The van der Waals surface area contributed by atoms with Gasteiger partial charge in [0.2, 0.25) is 0 Å². The van der Waals surface area contributed by atoms with Gasteiger partial charge in [-0.1, -0.05) is 17.7 Å². The second kappa shape index (κ2) is 4.54. The zero-order valence-electron chi connectivity index (χ0n) is 7.07. The van der Waals surface area contributed by atoms with E-state index in [1.54, 1.807) is 30.3 Å². The van der Waals surface area contributed by atoms with Crippen molar-refractivity contribution in [1.29, 1.82) is 5.26 Å². The Balaban J connectivity index is 2.87. The van der Waals surface area contributed by atoms with Crippen LogP contribution in [-0.2, 0) is 0 Å². The van der Waals surface area contributed by atoms with Gasteiger partial charge in [0.05, 0.1) is 12.2 Å². The highest BCUT2D eigenvalue weighted by molar-refractivity contribution is 6.30. The van der Waals surface area contributed by atoms with Crippen molar-refractivity contribution in [3.63, 3.8) is 0 Å². The Morgan fingerprint density at radius 1 is 1.46 bits per heavy atom. The highest BCUT2D eigenvalue weighted by Crippen LogP contribution is 2.16. The molecule has 0 radical (unpaired) electrons. The lowest BCUT2D eigenvalue weighted by molar-refractivity contribution is 1.10. The molecular weight excluding hydrogens is 184 g/mol. The average molecular weight is 193 g/mol. The molecule has 0 spiro atoms. The van der Waals surface area contributed by atoms with Crippen molar-refractivity contribution in [2.45, 2.75) is 0 Å². The van der Waals surface area contributed by atoms with Crippen molar-refractivity contribution < 1.29 is 0 Å². The van der Waals surface area contributed by atoms with E-state index in [2.05, 4.69) is 12.8 Å². The van der Waals surface area contributed by atoms with E-state index in [0.717, 1.165) is 5.69 Å². The average Bonchev–Trinajstić information content (AvgIpc) is 2.16. The molecule has 0 aliphatic carbocycles. The van der Waals surface area contributed by atoms with E-state index in [1.165, 1.54) is 4.90 Å². The number of hydrogen-bond acceptors (Lipinski definition) is 2. The normalized spacial score (nSPS) is 8.92. The van der Waals surface area contributed by atoms with Gasteiger partial charge >= 0.3 is 0 Å². The van der Waals surface area contributed by atoms with Crippen LogP contribution in [0.4, 0.5) is 5.69 Å². The Kier molecular flexibility index (Phi) is 3.36. The third-order valence-corrected chi connectivity index (χ3v) is 1.82. The standard InChI is InChI=1S/C10H9ClN2/c1-2-7-13(8-12)10-5-3-9(11)4-6-10/h2-6H,1,7H2. The largest absolute Gasteiger partial charge is 0.276 e. The molecule has 1 aromatic carbocycles. The van der Waals surface area contributed by atoms with Gasteiger partial charge in [-0.25, -0.2) is 0 Å². The molecular formula is C10H9ClN2. The van der Waals surface area contributed by atoms with Crippen LogP contribution in [0.5, 0.6) is 0 Å². The first kappa shape index (κ1) is 9.63. The van der Waals surface area contributed by atoms with Gasteiger partial charge in [-0.05, 0) is 24.3 Å². The summed E-state index contributed by atoms with van der Waals surface area (Å²) in [6.45, 7) is 4.08. The molecule has 0 amide bonds. The molecule has 66 valence electrons. The lowest BCUT2D eigenvalue weighted by Crippen LogP contribution is -2.15. The molecule has 0 aliphatic rings. The van der Waals surface area contributed by atoms with E-state index in [-0.39, 0.29) is 0 Å². The SMILES string of the molecule is C=CCN(C#N)c1ccc(Cl)cc1. The summed E-state index contributed by atoms with van der Waals surface area (Å²) < 4.78 is 0. The van der Waals surface area contributed by atoms with E-state index in [4.69, 9.17) is 16.9 Å². The predicted molar refractivity (Wildman–Crippen MR) is 54.6 cm³/mol. The highest BCUT2D eigenvalue weighted by Gasteiger charge is 2.01. The quantitative estimate of drug-likeness (QED) is 0.418. The Labute approximate surface area is 82.7 Å². The second-order valence-corrected chi connectivity index (χ2v) is 2.91. The molecule has 0 aromatic heterocycles. The third-order valence-electron chi connectivity index (χ3n) is 1.57. The maximum atomic E-state index is 8.78. The van der Waals surface area contributed by atoms with Gasteiger partial charge in [-0.2, -0.15) is 5.26 Å². The fraction of sp³-hybridized carbons (Fsp3) is 0.100. The number of rotatable bonds is 3. The number of anilines is 1. The maximum absolute atomic E-state index is 8.78. The summed E-state index contributed by atoms with van der Waals surface area (Å²) in [7, 11) is 0. The van der Waals surface area contributed by atoms with Crippen LogP contribution in [-0.4, -0.2) is 6.54 Å². The van der Waals surface area contributed by atoms with Crippen LogP contribution in [0.1, 0.15) is 0 Å². The van der Waals surface area contributed by atoms with Crippen LogP contribution in [0.25, 0.3) is 0 Å². The highest BCUT2D eigenvalue weighted by atomic mass is 35.5. The van der Waals surface area contributed by atoms with Crippen LogP contribution in [0, 0.1) is 11.5 Å². The van der Waals surface area contributed by atoms with E-state index in [0.29, 0.717) is 11.6 Å². The van der Waals surface area contributed by atoms with Crippen molar-refractivity contribution in [3.05, 3.63) is 41.9 Å². The van der Waals surface area contributed by atoms with Gasteiger partial charge in [0.1, 0.15) is 0 Å². The first-order chi connectivity index (χ1) is 6.27.